The number of nitrogens with one attached hydrogen (secondary N) is 1. The van der Waals surface area contributed by atoms with E-state index in [1.165, 1.54) is 12.1 Å². The fourth-order valence-corrected chi connectivity index (χ4v) is 4.44. The Kier molecular flexibility index (Phi) is 3.90. The van der Waals surface area contributed by atoms with Crippen LogP contribution in [0.1, 0.15) is 12.0 Å². The van der Waals surface area contributed by atoms with Crippen molar-refractivity contribution < 1.29 is 12.8 Å². The molecule has 0 radical (unpaired) electrons. The van der Waals surface area contributed by atoms with Gasteiger partial charge in [0.25, 0.3) is 0 Å². The first kappa shape index (κ1) is 13.3. The van der Waals surface area contributed by atoms with Gasteiger partial charge in [0.15, 0.2) is 0 Å². The van der Waals surface area contributed by atoms with Crippen molar-refractivity contribution >= 4 is 21.8 Å². The summed E-state index contributed by atoms with van der Waals surface area (Å²) >= 11 is 1.67. The molecule has 2 rings (SSSR count). The molecule has 1 unspecified atom stereocenters. The highest BCUT2D eigenvalue weighted by molar-refractivity contribution is 7.99. The van der Waals surface area contributed by atoms with E-state index in [4.69, 9.17) is 5.26 Å². The van der Waals surface area contributed by atoms with Crippen molar-refractivity contribution in [3.05, 3.63) is 29.6 Å². The lowest BCUT2D eigenvalue weighted by molar-refractivity contribution is 0.559. The summed E-state index contributed by atoms with van der Waals surface area (Å²) < 4.78 is 40.0. The number of hydrogen-bond donors (Lipinski definition) is 1. The van der Waals surface area contributed by atoms with Gasteiger partial charge in [-0.2, -0.15) is 17.0 Å². The Hall–Kier alpha value is -1.10. The molecule has 0 amide bonds. The summed E-state index contributed by atoms with van der Waals surface area (Å²) in [6.07, 6.45) is 0.751. The van der Waals surface area contributed by atoms with E-state index in [2.05, 4.69) is 4.72 Å². The summed E-state index contributed by atoms with van der Waals surface area (Å²) in [5.74, 6) is 0.791. The average molecular weight is 286 g/mol. The standard InChI is InChI=1S/C11H11FN2O2S2/c12-10-2-1-3-11(9(10)6-13)18(15,16)14-8-4-5-17-7-8/h1-3,8,14H,4-5,7H2. The lowest BCUT2D eigenvalue weighted by Gasteiger charge is -2.12. The molecule has 1 fully saturated rings. The fraction of sp³-hybridized carbons (Fsp3) is 0.364. The molecule has 18 heavy (non-hydrogen) atoms. The van der Waals surface area contributed by atoms with Crippen LogP contribution in [0.5, 0.6) is 0 Å². The number of nitrogens with zero attached hydrogens (tertiary/aromatic N) is 1. The Morgan fingerprint density at radius 2 is 2.28 bits per heavy atom. The summed E-state index contributed by atoms with van der Waals surface area (Å²) in [4.78, 5) is -0.290. The zero-order valence-corrected chi connectivity index (χ0v) is 11.0. The van der Waals surface area contributed by atoms with Crippen LogP contribution >= 0.6 is 11.8 Å². The van der Waals surface area contributed by atoms with Gasteiger partial charge in [-0.05, 0) is 24.3 Å². The van der Waals surface area contributed by atoms with E-state index in [0.29, 0.717) is 5.75 Å². The van der Waals surface area contributed by atoms with Gasteiger partial charge in [-0.25, -0.2) is 17.5 Å². The third-order valence-electron chi connectivity index (χ3n) is 2.63. The van der Waals surface area contributed by atoms with Crippen LogP contribution in [0.15, 0.2) is 23.1 Å². The average Bonchev–Trinajstić information content (AvgIpc) is 2.80. The lowest BCUT2D eigenvalue weighted by atomic mass is 10.2. The molecule has 0 aromatic heterocycles. The first-order valence-electron chi connectivity index (χ1n) is 5.33. The summed E-state index contributed by atoms with van der Waals surface area (Å²) in [6.45, 7) is 0. The van der Waals surface area contributed by atoms with Gasteiger partial charge < -0.3 is 0 Å². The first-order valence-corrected chi connectivity index (χ1v) is 7.97. The number of thioether (sulfide) groups is 1. The molecule has 0 aliphatic carbocycles. The van der Waals surface area contributed by atoms with Crippen molar-refractivity contribution in [3.8, 4) is 6.07 Å². The molecule has 7 heteroatoms. The molecule has 1 atom stereocenters. The molecule has 4 nitrogen and oxygen atoms in total. The SMILES string of the molecule is N#Cc1c(F)cccc1S(=O)(=O)NC1CCSC1. The van der Waals surface area contributed by atoms with E-state index >= 15 is 0 Å². The van der Waals surface area contributed by atoms with Crippen LogP contribution in [-0.2, 0) is 10.0 Å². The van der Waals surface area contributed by atoms with Gasteiger partial charge in [0.2, 0.25) is 10.0 Å². The van der Waals surface area contributed by atoms with Gasteiger partial charge >= 0.3 is 0 Å². The minimum absolute atomic E-state index is 0.144. The van der Waals surface area contributed by atoms with Crippen LogP contribution in [0.4, 0.5) is 4.39 Å². The highest BCUT2D eigenvalue weighted by Crippen LogP contribution is 2.22. The number of nitriles is 1. The summed E-state index contributed by atoms with van der Waals surface area (Å²) in [5, 5.41) is 8.84. The maximum atomic E-state index is 13.4. The topological polar surface area (TPSA) is 70.0 Å². The second kappa shape index (κ2) is 5.26. The summed E-state index contributed by atoms with van der Waals surface area (Å²) in [7, 11) is -3.83. The molecular formula is C11H11FN2O2S2. The molecule has 0 spiro atoms. The van der Waals surface area contributed by atoms with Crippen LogP contribution in [0, 0.1) is 17.1 Å². The van der Waals surface area contributed by atoms with Crippen molar-refractivity contribution in [3.63, 3.8) is 0 Å². The van der Waals surface area contributed by atoms with E-state index in [9.17, 15) is 12.8 Å². The number of hydrogen-bond acceptors (Lipinski definition) is 4. The Labute approximate surface area is 109 Å². The summed E-state index contributed by atoms with van der Waals surface area (Å²) in [5.41, 5.74) is -0.435. The van der Waals surface area contributed by atoms with Crippen LogP contribution in [0.25, 0.3) is 0 Å². The van der Waals surface area contributed by atoms with Gasteiger partial charge in [0.05, 0.1) is 0 Å². The molecule has 1 saturated heterocycles. The molecule has 1 aliphatic rings. The van der Waals surface area contributed by atoms with Crippen LogP contribution in [-0.4, -0.2) is 26.0 Å². The molecule has 1 aromatic rings. The quantitative estimate of drug-likeness (QED) is 0.913. The third kappa shape index (κ3) is 2.66. The maximum absolute atomic E-state index is 13.4. The van der Waals surface area contributed by atoms with E-state index < -0.39 is 21.4 Å². The minimum atomic E-state index is -3.83. The lowest BCUT2D eigenvalue weighted by Crippen LogP contribution is -2.35. The Morgan fingerprint density at radius 1 is 1.50 bits per heavy atom. The Bertz CT molecular complexity index is 590. The van der Waals surface area contributed by atoms with Gasteiger partial charge in [0, 0.05) is 11.8 Å². The predicted molar refractivity (Wildman–Crippen MR) is 67.2 cm³/mol. The molecule has 96 valence electrons. The van der Waals surface area contributed by atoms with E-state index in [1.54, 1.807) is 17.8 Å². The normalized spacial score (nSPS) is 19.7. The van der Waals surface area contributed by atoms with Crippen molar-refractivity contribution in [2.45, 2.75) is 17.4 Å². The molecule has 0 bridgehead atoms. The Balaban J connectivity index is 2.35. The third-order valence-corrected chi connectivity index (χ3v) is 5.35. The van der Waals surface area contributed by atoms with Gasteiger partial charge in [-0.3, -0.25) is 0 Å². The molecule has 0 saturated carbocycles. The highest BCUT2D eigenvalue weighted by atomic mass is 32.2. The Morgan fingerprint density at radius 3 is 2.89 bits per heavy atom. The maximum Gasteiger partial charge on any atom is 0.242 e. The van der Waals surface area contributed by atoms with Gasteiger partial charge in [0.1, 0.15) is 22.3 Å². The van der Waals surface area contributed by atoms with Gasteiger partial charge in [-0.15, -0.1) is 0 Å². The van der Waals surface area contributed by atoms with Crippen molar-refractivity contribution in [1.29, 1.82) is 5.26 Å². The second-order valence-corrected chi connectivity index (χ2v) is 6.74. The number of rotatable bonds is 3. The molecule has 1 N–H and O–H groups in total. The number of sulfonamides is 1. The van der Waals surface area contributed by atoms with Crippen molar-refractivity contribution in [2.24, 2.45) is 0 Å². The zero-order valence-electron chi connectivity index (χ0n) is 9.39. The monoisotopic (exact) mass is 286 g/mol. The number of halogens is 1. The predicted octanol–water partition coefficient (Wildman–Crippen LogP) is 1.48. The largest absolute Gasteiger partial charge is 0.242 e. The summed E-state index contributed by atoms with van der Waals surface area (Å²) in [6, 6.07) is 5.05. The van der Waals surface area contributed by atoms with Gasteiger partial charge in [-0.1, -0.05) is 6.07 Å². The molecule has 1 heterocycles. The molecule has 1 aromatic carbocycles. The molecule has 1 aliphatic heterocycles. The van der Waals surface area contributed by atoms with E-state index in [0.717, 1.165) is 18.2 Å². The van der Waals surface area contributed by atoms with E-state index in [-0.39, 0.29) is 10.9 Å². The van der Waals surface area contributed by atoms with Crippen LogP contribution < -0.4 is 4.72 Å². The van der Waals surface area contributed by atoms with Crippen LogP contribution in [0.2, 0.25) is 0 Å². The molecular weight excluding hydrogens is 275 g/mol. The zero-order chi connectivity index (χ0) is 13.2. The van der Waals surface area contributed by atoms with Crippen molar-refractivity contribution in [1.82, 2.24) is 4.72 Å². The smallest absolute Gasteiger partial charge is 0.207 e. The minimum Gasteiger partial charge on any atom is -0.207 e. The van der Waals surface area contributed by atoms with E-state index in [1.807, 2.05) is 0 Å². The second-order valence-electron chi connectivity index (χ2n) is 3.91. The van der Waals surface area contributed by atoms with Crippen molar-refractivity contribution in [2.75, 3.05) is 11.5 Å². The van der Waals surface area contributed by atoms with Crippen LogP contribution in [0.3, 0.4) is 0 Å². The first-order chi connectivity index (χ1) is 8.54. The number of benzene rings is 1. The fourth-order valence-electron chi connectivity index (χ4n) is 1.75. The highest BCUT2D eigenvalue weighted by Gasteiger charge is 2.26.